The largest absolute Gasteiger partial charge is 0.459 e. The van der Waals surface area contributed by atoms with E-state index in [4.69, 9.17) is 4.42 Å². The van der Waals surface area contributed by atoms with Crippen molar-refractivity contribution in [3.05, 3.63) is 35.8 Å². The number of nitrogens with zero attached hydrogens (tertiary/aromatic N) is 4. The van der Waals surface area contributed by atoms with E-state index in [0.717, 1.165) is 31.0 Å². The van der Waals surface area contributed by atoms with Gasteiger partial charge in [0.25, 0.3) is 5.91 Å². The molecule has 0 spiro atoms. The fourth-order valence-corrected chi connectivity index (χ4v) is 2.78. The van der Waals surface area contributed by atoms with Gasteiger partial charge in [0.05, 0.1) is 12.3 Å². The van der Waals surface area contributed by atoms with Crippen LogP contribution in [0.5, 0.6) is 0 Å². The number of piperidine rings is 1. The fourth-order valence-electron chi connectivity index (χ4n) is 2.78. The molecule has 20 heavy (non-hydrogen) atoms. The zero-order valence-electron chi connectivity index (χ0n) is 11.7. The molecule has 2 aromatic rings. The summed E-state index contributed by atoms with van der Waals surface area (Å²) in [4.78, 5) is 18.5. The van der Waals surface area contributed by atoms with Gasteiger partial charge in [0, 0.05) is 13.1 Å². The van der Waals surface area contributed by atoms with Gasteiger partial charge in [-0.1, -0.05) is 0 Å². The lowest BCUT2D eigenvalue weighted by Gasteiger charge is -2.32. The third-order valence-electron chi connectivity index (χ3n) is 3.67. The van der Waals surface area contributed by atoms with Crippen molar-refractivity contribution in [1.29, 1.82) is 0 Å². The Kier molecular flexibility index (Phi) is 3.30. The monoisotopic (exact) mass is 274 g/mol. The first-order chi connectivity index (χ1) is 9.65. The van der Waals surface area contributed by atoms with Crippen molar-refractivity contribution in [2.45, 2.75) is 32.7 Å². The summed E-state index contributed by atoms with van der Waals surface area (Å²) in [6, 6.07) is 3.64. The van der Waals surface area contributed by atoms with E-state index in [0.29, 0.717) is 12.3 Å². The summed E-state index contributed by atoms with van der Waals surface area (Å²) in [5, 5.41) is 4.43. The van der Waals surface area contributed by atoms with E-state index in [2.05, 4.69) is 10.1 Å². The Bertz CT molecular complexity index is 603. The zero-order valence-corrected chi connectivity index (χ0v) is 11.7. The van der Waals surface area contributed by atoms with E-state index in [1.165, 1.54) is 6.26 Å². The maximum Gasteiger partial charge on any atom is 0.289 e. The molecule has 0 aromatic carbocycles. The maximum absolute atomic E-state index is 12.3. The maximum atomic E-state index is 12.3. The smallest absolute Gasteiger partial charge is 0.289 e. The molecule has 6 heteroatoms. The zero-order chi connectivity index (χ0) is 14.1. The molecule has 106 valence electrons. The molecule has 3 heterocycles. The Morgan fingerprint density at radius 2 is 2.30 bits per heavy atom. The molecule has 6 nitrogen and oxygen atoms in total. The summed E-state index contributed by atoms with van der Waals surface area (Å²) in [5.74, 6) is 2.03. The number of rotatable bonds is 2. The van der Waals surface area contributed by atoms with E-state index in [-0.39, 0.29) is 11.9 Å². The van der Waals surface area contributed by atoms with Crippen LogP contribution in [0.25, 0.3) is 0 Å². The van der Waals surface area contributed by atoms with Crippen LogP contribution in [-0.2, 0) is 0 Å². The minimum absolute atomic E-state index is 0.0470. The molecule has 3 rings (SSSR count). The molecule has 1 atom stereocenters. The van der Waals surface area contributed by atoms with Gasteiger partial charge >= 0.3 is 0 Å². The van der Waals surface area contributed by atoms with Crippen LogP contribution in [0.15, 0.2) is 22.8 Å². The Morgan fingerprint density at radius 3 is 2.95 bits per heavy atom. The molecule has 0 bridgehead atoms. The average Bonchev–Trinajstić information content (AvgIpc) is 3.08. The number of amides is 1. The molecule has 1 aliphatic heterocycles. The van der Waals surface area contributed by atoms with Crippen molar-refractivity contribution in [2.24, 2.45) is 0 Å². The van der Waals surface area contributed by atoms with Crippen LogP contribution in [0.1, 0.15) is 41.1 Å². The molecular formula is C14H18N4O2. The highest BCUT2D eigenvalue weighted by atomic mass is 16.3. The number of carbonyl (C=O) groups excluding carboxylic acids is 1. The van der Waals surface area contributed by atoms with Crippen LogP contribution in [0.3, 0.4) is 0 Å². The lowest BCUT2D eigenvalue weighted by Crippen LogP contribution is -2.41. The highest BCUT2D eigenvalue weighted by molar-refractivity contribution is 5.91. The number of likely N-dealkylation sites (tertiary alicyclic amines) is 1. The first-order valence-electron chi connectivity index (χ1n) is 6.87. The second kappa shape index (κ2) is 5.11. The quantitative estimate of drug-likeness (QED) is 0.839. The molecule has 0 N–H and O–H groups in total. The minimum atomic E-state index is -0.0470. The van der Waals surface area contributed by atoms with Crippen molar-refractivity contribution in [3.63, 3.8) is 0 Å². The Balaban J connectivity index is 1.77. The summed E-state index contributed by atoms with van der Waals surface area (Å²) in [6.07, 6.45) is 3.51. The third-order valence-corrected chi connectivity index (χ3v) is 3.67. The fraction of sp³-hybridized carbons (Fsp3) is 0.500. The summed E-state index contributed by atoms with van der Waals surface area (Å²) >= 11 is 0. The van der Waals surface area contributed by atoms with Crippen molar-refractivity contribution in [2.75, 3.05) is 13.1 Å². The summed E-state index contributed by atoms with van der Waals surface area (Å²) in [5.41, 5.74) is 0. The minimum Gasteiger partial charge on any atom is -0.459 e. The Labute approximate surface area is 117 Å². The van der Waals surface area contributed by atoms with Crippen LogP contribution in [0, 0.1) is 13.8 Å². The Hall–Kier alpha value is -2.11. The normalized spacial score (nSPS) is 19.3. The van der Waals surface area contributed by atoms with Crippen LogP contribution in [0.2, 0.25) is 0 Å². The van der Waals surface area contributed by atoms with Gasteiger partial charge in [-0.3, -0.25) is 4.79 Å². The number of carbonyl (C=O) groups is 1. The molecule has 1 saturated heterocycles. The third kappa shape index (κ3) is 2.33. The summed E-state index contributed by atoms with van der Waals surface area (Å²) in [6.45, 7) is 5.26. The van der Waals surface area contributed by atoms with Crippen molar-refractivity contribution in [3.8, 4) is 0 Å². The predicted molar refractivity (Wildman–Crippen MR) is 72.4 cm³/mol. The topological polar surface area (TPSA) is 64.2 Å². The average molecular weight is 274 g/mol. The van der Waals surface area contributed by atoms with Gasteiger partial charge in [0.15, 0.2) is 5.76 Å². The molecule has 0 unspecified atom stereocenters. The molecule has 1 aliphatic rings. The molecule has 0 saturated carbocycles. The van der Waals surface area contributed by atoms with E-state index in [1.54, 1.807) is 12.1 Å². The number of hydrogen-bond acceptors (Lipinski definition) is 4. The lowest BCUT2D eigenvalue weighted by atomic mass is 10.1. The summed E-state index contributed by atoms with van der Waals surface area (Å²) in [7, 11) is 0. The number of aromatic nitrogens is 3. The van der Waals surface area contributed by atoms with Crippen molar-refractivity contribution >= 4 is 5.91 Å². The van der Waals surface area contributed by atoms with Gasteiger partial charge in [-0.25, -0.2) is 9.67 Å². The van der Waals surface area contributed by atoms with E-state index in [9.17, 15) is 4.79 Å². The van der Waals surface area contributed by atoms with Crippen LogP contribution >= 0.6 is 0 Å². The van der Waals surface area contributed by atoms with Gasteiger partial charge in [-0.2, -0.15) is 5.10 Å². The van der Waals surface area contributed by atoms with Crippen LogP contribution < -0.4 is 0 Å². The van der Waals surface area contributed by atoms with Crippen LogP contribution in [-0.4, -0.2) is 38.7 Å². The van der Waals surface area contributed by atoms with Crippen molar-refractivity contribution in [1.82, 2.24) is 19.7 Å². The van der Waals surface area contributed by atoms with E-state index in [1.807, 2.05) is 23.4 Å². The van der Waals surface area contributed by atoms with Gasteiger partial charge < -0.3 is 9.32 Å². The first kappa shape index (κ1) is 12.9. The van der Waals surface area contributed by atoms with E-state index < -0.39 is 0 Å². The number of hydrogen-bond donors (Lipinski definition) is 0. The van der Waals surface area contributed by atoms with Gasteiger partial charge in [-0.15, -0.1) is 0 Å². The molecule has 2 aromatic heterocycles. The second-order valence-corrected chi connectivity index (χ2v) is 5.18. The summed E-state index contributed by atoms with van der Waals surface area (Å²) < 4.78 is 7.13. The molecule has 0 radical (unpaired) electrons. The highest BCUT2D eigenvalue weighted by Gasteiger charge is 2.28. The van der Waals surface area contributed by atoms with Gasteiger partial charge in [0.1, 0.15) is 11.6 Å². The SMILES string of the molecule is Cc1nc(C)n([C@H]2CCCN(C(=O)c3ccco3)C2)n1. The highest BCUT2D eigenvalue weighted by Crippen LogP contribution is 2.23. The number of aryl methyl sites for hydroxylation is 2. The van der Waals surface area contributed by atoms with Gasteiger partial charge in [-0.05, 0) is 38.8 Å². The molecule has 1 amide bonds. The molecule has 0 aliphatic carbocycles. The predicted octanol–water partition coefficient (Wildman–Crippen LogP) is 1.97. The standard InChI is InChI=1S/C14H18N4O2/c1-10-15-11(2)18(16-10)12-5-3-7-17(9-12)14(19)13-6-4-8-20-13/h4,6,8,12H,3,5,7,9H2,1-2H3/t12-/m0/s1. The second-order valence-electron chi connectivity index (χ2n) is 5.18. The van der Waals surface area contributed by atoms with Gasteiger partial charge in [0.2, 0.25) is 0 Å². The lowest BCUT2D eigenvalue weighted by molar-refractivity contribution is 0.0639. The first-order valence-corrected chi connectivity index (χ1v) is 6.87. The molecular weight excluding hydrogens is 256 g/mol. The number of furan rings is 1. The molecule has 1 fully saturated rings. The Morgan fingerprint density at radius 1 is 1.45 bits per heavy atom. The van der Waals surface area contributed by atoms with Crippen molar-refractivity contribution < 1.29 is 9.21 Å². The van der Waals surface area contributed by atoms with Crippen LogP contribution in [0.4, 0.5) is 0 Å². The van der Waals surface area contributed by atoms with E-state index >= 15 is 0 Å².